The van der Waals surface area contributed by atoms with Crippen molar-refractivity contribution in [2.75, 3.05) is 6.54 Å². The molecule has 5 nitrogen and oxygen atoms in total. The fraction of sp³-hybridized carbons (Fsp3) is 0.500. The van der Waals surface area contributed by atoms with Crippen LogP contribution < -0.4 is 5.32 Å². The first-order chi connectivity index (χ1) is 9.54. The summed E-state index contributed by atoms with van der Waals surface area (Å²) in [7, 11) is 0. The molecule has 2 rings (SSSR count). The number of thiazole rings is 1. The Balaban J connectivity index is 1.68. The van der Waals surface area contributed by atoms with Gasteiger partial charge in [0.15, 0.2) is 0 Å². The highest BCUT2D eigenvalue weighted by Crippen LogP contribution is 2.08. The Morgan fingerprint density at radius 1 is 1.40 bits per heavy atom. The summed E-state index contributed by atoms with van der Waals surface area (Å²) in [5, 5.41) is 10.2. The van der Waals surface area contributed by atoms with Gasteiger partial charge in [-0.25, -0.2) is 4.98 Å². The Labute approximate surface area is 123 Å². The number of hydrogen-bond acceptors (Lipinski definition) is 4. The average molecular weight is 292 g/mol. The lowest BCUT2D eigenvalue weighted by molar-refractivity contribution is -0.120. The Bertz CT molecular complexity index is 588. The Hall–Kier alpha value is -1.69. The van der Waals surface area contributed by atoms with Crippen LogP contribution in [0.25, 0.3) is 0 Å². The molecular formula is C14H20N4OS. The van der Waals surface area contributed by atoms with Crippen LogP contribution in [0.5, 0.6) is 0 Å². The SMILES string of the molecule is Cc1cc(C)n(CCCNC(=O)Cc2csc(C)n2)n1. The van der Waals surface area contributed by atoms with E-state index in [0.29, 0.717) is 13.0 Å². The highest BCUT2D eigenvalue weighted by atomic mass is 32.1. The molecule has 2 aromatic rings. The van der Waals surface area contributed by atoms with E-state index in [1.54, 1.807) is 11.3 Å². The van der Waals surface area contributed by atoms with E-state index < -0.39 is 0 Å². The van der Waals surface area contributed by atoms with Crippen molar-refractivity contribution in [1.29, 1.82) is 0 Å². The molecule has 2 heterocycles. The van der Waals surface area contributed by atoms with Gasteiger partial charge >= 0.3 is 0 Å². The van der Waals surface area contributed by atoms with Crippen LogP contribution in [0.2, 0.25) is 0 Å². The summed E-state index contributed by atoms with van der Waals surface area (Å²) in [6.45, 7) is 7.47. The van der Waals surface area contributed by atoms with E-state index in [-0.39, 0.29) is 5.91 Å². The summed E-state index contributed by atoms with van der Waals surface area (Å²) in [5.41, 5.74) is 3.04. The lowest BCUT2D eigenvalue weighted by atomic mass is 10.3. The molecule has 0 fully saturated rings. The van der Waals surface area contributed by atoms with E-state index in [2.05, 4.69) is 21.5 Å². The second-order valence-corrected chi connectivity index (χ2v) is 5.95. The van der Waals surface area contributed by atoms with Gasteiger partial charge in [0, 0.05) is 24.2 Å². The number of carbonyl (C=O) groups excluding carboxylic acids is 1. The van der Waals surface area contributed by atoms with Crippen LogP contribution in [0.15, 0.2) is 11.4 Å². The Morgan fingerprint density at radius 2 is 2.20 bits per heavy atom. The number of aromatic nitrogens is 3. The summed E-state index contributed by atoms with van der Waals surface area (Å²) in [6.07, 6.45) is 1.24. The number of rotatable bonds is 6. The fourth-order valence-electron chi connectivity index (χ4n) is 2.07. The van der Waals surface area contributed by atoms with Gasteiger partial charge in [0.1, 0.15) is 0 Å². The van der Waals surface area contributed by atoms with Crippen molar-refractivity contribution in [2.45, 2.75) is 40.2 Å². The maximum Gasteiger partial charge on any atom is 0.226 e. The lowest BCUT2D eigenvalue weighted by Crippen LogP contribution is -2.27. The molecule has 0 radical (unpaired) electrons. The third kappa shape index (κ3) is 4.16. The third-order valence-corrected chi connectivity index (χ3v) is 3.80. The van der Waals surface area contributed by atoms with Crippen molar-refractivity contribution in [1.82, 2.24) is 20.1 Å². The normalized spacial score (nSPS) is 10.8. The summed E-state index contributed by atoms with van der Waals surface area (Å²) in [4.78, 5) is 16.0. The van der Waals surface area contributed by atoms with Gasteiger partial charge in [-0.05, 0) is 33.3 Å². The summed E-state index contributed by atoms with van der Waals surface area (Å²) in [6, 6.07) is 2.06. The molecule has 1 amide bonds. The van der Waals surface area contributed by atoms with Crippen LogP contribution in [-0.4, -0.2) is 27.2 Å². The first-order valence-corrected chi connectivity index (χ1v) is 7.61. The van der Waals surface area contributed by atoms with Gasteiger partial charge in [0.05, 0.1) is 22.8 Å². The van der Waals surface area contributed by atoms with Crippen LogP contribution in [0, 0.1) is 20.8 Å². The molecule has 0 aliphatic carbocycles. The van der Waals surface area contributed by atoms with Crippen molar-refractivity contribution < 1.29 is 4.79 Å². The molecule has 0 spiro atoms. The van der Waals surface area contributed by atoms with Crippen LogP contribution in [0.1, 0.15) is 28.5 Å². The first kappa shape index (κ1) is 14.7. The van der Waals surface area contributed by atoms with Crippen LogP contribution >= 0.6 is 11.3 Å². The summed E-state index contributed by atoms with van der Waals surface area (Å²) >= 11 is 1.57. The van der Waals surface area contributed by atoms with Gasteiger partial charge in [-0.3, -0.25) is 9.48 Å². The minimum absolute atomic E-state index is 0.0312. The predicted octanol–water partition coefficient (Wildman–Crippen LogP) is 2.01. The Morgan fingerprint density at radius 3 is 2.80 bits per heavy atom. The van der Waals surface area contributed by atoms with Gasteiger partial charge < -0.3 is 5.32 Å². The third-order valence-electron chi connectivity index (χ3n) is 2.98. The number of amides is 1. The van der Waals surface area contributed by atoms with Gasteiger partial charge in [-0.15, -0.1) is 11.3 Å². The quantitative estimate of drug-likeness (QED) is 0.829. The minimum Gasteiger partial charge on any atom is -0.356 e. The maximum absolute atomic E-state index is 11.7. The molecule has 1 N–H and O–H groups in total. The van der Waals surface area contributed by atoms with Crippen LogP contribution in [-0.2, 0) is 17.8 Å². The number of carbonyl (C=O) groups is 1. The number of aryl methyl sites for hydroxylation is 4. The molecule has 20 heavy (non-hydrogen) atoms. The molecule has 6 heteroatoms. The monoisotopic (exact) mass is 292 g/mol. The van der Waals surface area contributed by atoms with E-state index in [9.17, 15) is 4.79 Å². The van der Waals surface area contributed by atoms with Crippen molar-refractivity contribution in [3.8, 4) is 0 Å². The topological polar surface area (TPSA) is 59.8 Å². The second kappa shape index (κ2) is 6.65. The number of nitrogens with one attached hydrogen (secondary N) is 1. The molecule has 0 saturated carbocycles. The van der Waals surface area contributed by atoms with Crippen LogP contribution in [0.4, 0.5) is 0 Å². The molecule has 108 valence electrons. The fourth-order valence-corrected chi connectivity index (χ4v) is 2.69. The largest absolute Gasteiger partial charge is 0.356 e. The zero-order chi connectivity index (χ0) is 14.5. The first-order valence-electron chi connectivity index (χ1n) is 6.73. The maximum atomic E-state index is 11.7. The minimum atomic E-state index is 0.0312. The highest BCUT2D eigenvalue weighted by Gasteiger charge is 2.06. The zero-order valence-corrected chi connectivity index (χ0v) is 13.0. The zero-order valence-electron chi connectivity index (χ0n) is 12.1. The Kier molecular flexibility index (Phi) is 4.89. The van der Waals surface area contributed by atoms with Gasteiger partial charge in [-0.1, -0.05) is 0 Å². The van der Waals surface area contributed by atoms with E-state index in [1.165, 1.54) is 0 Å². The second-order valence-electron chi connectivity index (χ2n) is 4.89. The van der Waals surface area contributed by atoms with E-state index in [0.717, 1.165) is 35.1 Å². The molecule has 0 saturated heterocycles. The van der Waals surface area contributed by atoms with E-state index in [1.807, 2.05) is 30.8 Å². The summed E-state index contributed by atoms with van der Waals surface area (Å²) < 4.78 is 1.98. The van der Waals surface area contributed by atoms with Crippen molar-refractivity contribution >= 4 is 17.2 Å². The molecule has 2 aromatic heterocycles. The molecule has 0 aliphatic heterocycles. The number of hydrogen-bond donors (Lipinski definition) is 1. The van der Waals surface area contributed by atoms with Crippen molar-refractivity contribution in [3.05, 3.63) is 33.5 Å². The summed E-state index contributed by atoms with van der Waals surface area (Å²) in [5.74, 6) is 0.0312. The van der Waals surface area contributed by atoms with E-state index in [4.69, 9.17) is 0 Å². The molecule has 0 aromatic carbocycles. The molecule has 0 bridgehead atoms. The number of nitrogens with zero attached hydrogens (tertiary/aromatic N) is 3. The lowest BCUT2D eigenvalue weighted by Gasteiger charge is -2.06. The smallest absolute Gasteiger partial charge is 0.226 e. The predicted molar refractivity (Wildman–Crippen MR) is 79.9 cm³/mol. The van der Waals surface area contributed by atoms with Crippen LogP contribution in [0.3, 0.4) is 0 Å². The average Bonchev–Trinajstić information content (AvgIpc) is 2.91. The molecular weight excluding hydrogens is 272 g/mol. The van der Waals surface area contributed by atoms with Crippen molar-refractivity contribution in [3.63, 3.8) is 0 Å². The molecule has 0 unspecified atom stereocenters. The van der Waals surface area contributed by atoms with Gasteiger partial charge in [-0.2, -0.15) is 5.10 Å². The van der Waals surface area contributed by atoms with Crippen molar-refractivity contribution in [2.24, 2.45) is 0 Å². The molecule has 0 atom stereocenters. The molecule has 0 aliphatic rings. The van der Waals surface area contributed by atoms with E-state index >= 15 is 0 Å². The highest BCUT2D eigenvalue weighted by molar-refractivity contribution is 7.09. The van der Waals surface area contributed by atoms with Gasteiger partial charge in [0.25, 0.3) is 0 Å². The van der Waals surface area contributed by atoms with Gasteiger partial charge in [0.2, 0.25) is 5.91 Å². The standard InChI is InChI=1S/C14H20N4OS/c1-10-7-11(2)18(17-10)6-4-5-15-14(19)8-13-9-20-12(3)16-13/h7,9H,4-6,8H2,1-3H3,(H,15,19).